The van der Waals surface area contributed by atoms with E-state index in [1.165, 1.54) is 5.56 Å². The lowest BCUT2D eigenvalue weighted by Crippen LogP contribution is -2.16. The Morgan fingerprint density at radius 2 is 1.39 bits per heavy atom. The molecule has 36 heavy (non-hydrogen) atoms. The molecule has 0 aliphatic heterocycles. The second kappa shape index (κ2) is 13.2. The molecule has 0 radical (unpaired) electrons. The number of hydrogen-bond acceptors (Lipinski definition) is 5. The van der Waals surface area contributed by atoms with Gasteiger partial charge in [0.05, 0.1) is 31.2 Å². The van der Waals surface area contributed by atoms with E-state index in [2.05, 4.69) is 16.7 Å². The zero-order chi connectivity index (χ0) is 25.9. The molecule has 0 heterocycles. The Kier molecular flexibility index (Phi) is 9.74. The Bertz CT molecular complexity index is 1180. The molecule has 2 amide bonds. The summed E-state index contributed by atoms with van der Waals surface area (Å²) in [4.78, 5) is 25.4. The summed E-state index contributed by atoms with van der Waals surface area (Å²) in [5.41, 5.74) is 3.73. The van der Waals surface area contributed by atoms with Gasteiger partial charge in [-0.2, -0.15) is 0 Å². The van der Waals surface area contributed by atoms with Crippen LogP contribution >= 0.6 is 0 Å². The highest BCUT2D eigenvalue weighted by Gasteiger charge is 2.17. The Labute approximate surface area is 212 Å². The van der Waals surface area contributed by atoms with Crippen LogP contribution < -0.4 is 24.8 Å². The van der Waals surface area contributed by atoms with Crippen LogP contribution in [0.4, 0.5) is 11.4 Å². The SMILES string of the molecule is CCOc1cc(NC(=O)c2ccccc2)c(OCC)cc1NC(=O)CCCOc1ccc(C)cc1C. The summed E-state index contributed by atoms with van der Waals surface area (Å²) < 4.78 is 17.3. The summed E-state index contributed by atoms with van der Waals surface area (Å²) >= 11 is 0. The number of ether oxygens (including phenoxy) is 3. The minimum atomic E-state index is -0.264. The van der Waals surface area contributed by atoms with Gasteiger partial charge in [-0.05, 0) is 57.9 Å². The van der Waals surface area contributed by atoms with E-state index in [0.29, 0.717) is 54.7 Å². The first kappa shape index (κ1) is 26.6. The zero-order valence-corrected chi connectivity index (χ0v) is 21.4. The van der Waals surface area contributed by atoms with Gasteiger partial charge in [0, 0.05) is 24.1 Å². The fourth-order valence-corrected chi connectivity index (χ4v) is 3.68. The molecule has 7 nitrogen and oxygen atoms in total. The Morgan fingerprint density at radius 1 is 0.750 bits per heavy atom. The first-order valence-corrected chi connectivity index (χ1v) is 12.2. The molecular weight excluding hydrogens is 456 g/mol. The molecule has 0 aliphatic carbocycles. The summed E-state index contributed by atoms with van der Waals surface area (Å²) in [6.07, 6.45) is 0.847. The maximum Gasteiger partial charge on any atom is 0.255 e. The van der Waals surface area contributed by atoms with E-state index in [0.717, 1.165) is 11.3 Å². The number of anilines is 2. The monoisotopic (exact) mass is 490 g/mol. The molecule has 0 unspecified atom stereocenters. The van der Waals surface area contributed by atoms with Crippen molar-refractivity contribution >= 4 is 23.2 Å². The van der Waals surface area contributed by atoms with Gasteiger partial charge in [-0.25, -0.2) is 0 Å². The summed E-state index contributed by atoms with van der Waals surface area (Å²) in [6.45, 7) is 8.98. The average Bonchev–Trinajstić information content (AvgIpc) is 2.86. The third-order valence-corrected chi connectivity index (χ3v) is 5.38. The van der Waals surface area contributed by atoms with Gasteiger partial charge in [0.1, 0.15) is 17.2 Å². The van der Waals surface area contributed by atoms with E-state index in [4.69, 9.17) is 14.2 Å². The molecule has 0 bridgehead atoms. The van der Waals surface area contributed by atoms with Crippen LogP contribution in [0, 0.1) is 13.8 Å². The average molecular weight is 491 g/mol. The molecule has 0 spiro atoms. The normalized spacial score (nSPS) is 10.4. The molecule has 2 N–H and O–H groups in total. The van der Waals surface area contributed by atoms with Crippen molar-refractivity contribution in [3.8, 4) is 17.2 Å². The van der Waals surface area contributed by atoms with Crippen molar-refractivity contribution in [3.05, 3.63) is 77.4 Å². The number of benzene rings is 3. The standard InChI is InChI=1S/C29H34N2O5/c1-5-34-26-19-24(31-29(33)22-11-8-7-9-12-22)27(35-6-2)18-23(26)30-28(32)13-10-16-36-25-15-14-20(3)17-21(25)4/h7-9,11-12,14-15,17-19H,5-6,10,13,16H2,1-4H3,(H,30,32)(H,31,33). The van der Waals surface area contributed by atoms with E-state index in [9.17, 15) is 9.59 Å². The first-order chi connectivity index (χ1) is 17.4. The number of nitrogens with one attached hydrogen (secondary N) is 2. The van der Waals surface area contributed by atoms with Gasteiger partial charge in [0.25, 0.3) is 5.91 Å². The third-order valence-electron chi connectivity index (χ3n) is 5.38. The van der Waals surface area contributed by atoms with Crippen molar-refractivity contribution in [1.82, 2.24) is 0 Å². The highest BCUT2D eigenvalue weighted by molar-refractivity contribution is 6.05. The van der Waals surface area contributed by atoms with Gasteiger partial charge in [-0.3, -0.25) is 9.59 Å². The summed E-state index contributed by atoms with van der Waals surface area (Å²) in [6, 6.07) is 18.3. The second-order valence-corrected chi connectivity index (χ2v) is 8.30. The molecule has 0 aliphatic rings. The Morgan fingerprint density at radius 3 is 2.00 bits per heavy atom. The van der Waals surface area contributed by atoms with Crippen LogP contribution in [0.5, 0.6) is 17.2 Å². The van der Waals surface area contributed by atoms with Crippen molar-refractivity contribution in [3.63, 3.8) is 0 Å². The van der Waals surface area contributed by atoms with Gasteiger partial charge in [0.15, 0.2) is 0 Å². The first-order valence-electron chi connectivity index (χ1n) is 12.2. The van der Waals surface area contributed by atoms with Crippen LogP contribution in [-0.2, 0) is 4.79 Å². The van der Waals surface area contributed by atoms with E-state index in [1.54, 1.807) is 36.4 Å². The Hall–Kier alpha value is -4.00. The lowest BCUT2D eigenvalue weighted by molar-refractivity contribution is -0.116. The minimum Gasteiger partial charge on any atom is -0.493 e. The van der Waals surface area contributed by atoms with Crippen LogP contribution in [0.1, 0.15) is 48.2 Å². The molecule has 3 aromatic carbocycles. The van der Waals surface area contributed by atoms with Crippen LogP contribution in [-0.4, -0.2) is 31.6 Å². The summed E-state index contributed by atoms with van der Waals surface area (Å²) in [5, 5.41) is 5.79. The molecule has 0 saturated carbocycles. The lowest BCUT2D eigenvalue weighted by atomic mass is 10.1. The summed E-state index contributed by atoms with van der Waals surface area (Å²) in [5.74, 6) is 1.29. The van der Waals surface area contributed by atoms with Gasteiger partial charge in [-0.1, -0.05) is 35.9 Å². The molecule has 3 rings (SSSR count). The Balaban J connectivity index is 1.67. The molecular formula is C29H34N2O5. The predicted octanol–water partition coefficient (Wildman–Crippen LogP) is 6.15. The lowest BCUT2D eigenvalue weighted by Gasteiger charge is -2.18. The van der Waals surface area contributed by atoms with Crippen LogP contribution in [0.15, 0.2) is 60.7 Å². The molecule has 3 aromatic rings. The van der Waals surface area contributed by atoms with Gasteiger partial charge < -0.3 is 24.8 Å². The maximum atomic E-state index is 12.7. The van der Waals surface area contributed by atoms with Crippen LogP contribution in [0.2, 0.25) is 0 Å². The van der Waals surface area contributed by atoms with Crippen molar-refractivity contribution in [2.45, 2.75) is 40.5 Å². The number of carbonyl (C=O) groups is 2. The smallest absolute Gasteiger partial charge is 0.255 e. The number of rotatable bonds is 12. The van der Waals surface area contributed by atoms with Crippen molar-refractivity contribution < 1.29 is 23.8 Å². The van der Waals surface area contributed by atoms with Crippen molar-refractivity contribution in [1.29, 1.82) is 0 Å². The largest absolute Gasteiger partial charge is 0.493 e. The van der Waals surface area contributed by atoms with E-state index >= 15 is 0 Å². The zero-order valence-electron chi connectivity index (χ0n) is 21.4. The number of amides is 2. The highest BCUT2D eigenvalue weighted by atomic mass is 16.5. The number of aryl methyl sites for hydroxylation is 2. The molecule has 0 aromatic heterocycles. The third kappa shape index (κ3) is 7.50. The number of carbonyl (C=O) groups excluding carboxylic acids is 2. The fraction of sp³-hybridized carbons (Fsp3) is 0.310. The van der Waals surface area contributed by atoms with Crippen molar-refractivity contribution in [2.24, 2.45) is 0 Å². The fourth-order valence-electron chi connectivity index (χ4n) is 3.68. The van der Waals surface area contributed by atoms with Crippen molar-refractivity contribution in [2.75, 3.05) is 30.5 Å². The summed E-state index contributed by atoms with van der Waals surface area (Å²) in [7, 11) is 0. The van der Waals surface area contributed by atoms with E-state index in [-0.39, 0.29) is 18.2 Å². The van der Waals surface area contributed by atoms with Crippen LogP contribution in [0.25, 0.3) is 0 Å². The van der Waals surface area contributed by atoms with Crippen LogP contribution in [0.3, 0.4) is 0 Å². The molecule has 7 heteroatoms. The number of hydrogen-bond donors (Lipinski definition) is 2. The van der Waals surface area contributed by atoms with Gasteiger partial charge in [-0.15, -0.1) is 0 Å². The molecule has 190 valence electrons. The maximum absolute atomic E-state index is 12.7. The molecule has 0 saturated heterocycles. The topological polar surface area (TPSA) is 85.9 Å². The highest BCUT2D eigenvalue weighted by Crippen LogP contribution is 2.37. The second-order valence-electron chi connectivity index (χ2n) is 8.30. The minimum absolute atomic E-state index is 0.163. The van der Waals surface area contributed by atoms with E-state index < -0.39 is 0 Å². The van der Waals surface area contributed by atoms with E-state index in [1.807, 2.05) is 45.9 Å². The molecule has 0 fully saturated rings. The van der Waals surface area contributed by atoms with Gasteiger partial charge >= 0.3 is 0 Å². The quantitative estimate of drug-likeness (QED) is 0.297. The molecule has 0 atom stereocenters. The van der Waals surface area contributed by atoms with Gasteiger partial charge in [0.2, 0.25) is 5.91 Å². The predicted molar refractivity (Wildman–Crippen MR) is 142 cm³/mol.